The van der Waals surface area contributed by atoms with Crippen molar-refractivity contribution in [2.24, 2.45) is 5.10 Å². The van der Waals surface area contributed by atoms with Gasteiger partial charge in [-0.3, -0.25) is 4.79 Å². The number of carbonyl (C=O) groups is 1. The van der Waals surface area contributed by atoms with Crippen LogP contribution in [0.5, 0.6) is 17.2 Å². The van der Waals surface area contributed by atoms with Crippen molar-refractivity contribution < 1.29 is 19.4 Å². The van der Waals surface area contributed by atoms with Gasteiger partial charge in [-0.25, -0.2) is 5.43 Å². The van der Waals surface area contributed by atoms with Gasteiger partial charge in [-0.1, -0.05) is 18.2 Å². The molecule has 0 unspecified atom stereocenters. The highest BCUT2D eigenvalue weighted by atomic mass is 16.5. The molecule has 2 rings (SSSR count). The van der Waals surface area contributed by atoms with Crippen LogP contribution in [-0.4, -0.2) is 30.9 Å². The quantitative estimate of drug-likeness (QED) is 0.634. The van der Waals surface area contributed by atoms with Gasteiger partial charge >= 0.3 is 0 Å². The van der Waals surface area contributed by atoms with Crippen molar-refractivity contribution in [2.75, 3.05) is 13.7 Å². The average molecular weight is 314 g/mol. The molecule has 1 amide bonds. The van der Waals surface area contributed by atoms with Gasteiger partial charge in [-0.05, 0) is 31.2 Å². The van der Waals surface area contributed by atoms with Crippen LogP contribution in [0.2, 0.25) is 0 Å². The Hall–Kier alpha value is -3.02. The molecule has 2 aromatic carbocycles. The number of rotatable bonds is 6. The zero-order valence-electron chi connectivity index (χ0n) is 12.9. The van der Waals surface area contributed by atoms with E-state index >= 15 is 0 Å². The van der Waals surface area contributed by atoms with Crippen LogP contribution in [0, 0.1) is 0 Å². The molecule has 0 saturated heterocycles. The molecule has 0 saturated carbocycles. The van der Waals surface area contributed by atoms with E-state index in [2.05, 4.69) is 10.5 Å². The number of amides is 1. The lowest BCUT2D eigenvalue weighted by molar-refractivity contribution is 0.0952. The molecule has 23 heavy (non-hydrogen) atoms. The van der Waals surface area contributed by atoms with Crippen molar-refractivity contribution >= 4 is 12.1 Å². The van der Waals surface area contributed by atoms with Gasteiger partial charge in [-0.2, -0.15) is 5.10 Å². The van der Waals surface area contributed by atoms with Crippen molar-refractivity contribution in [1.82, 2.24) is 5.43 Å². The van der Waals surface area contributed by atoms with Crippen molar-refractivity contribution in [2.45, 2.75) is 6.92 Å². The number of hydrogen-bond acceptors (Lipinski definition) is 5. The molecule has 0 atom stereocenters. The molecule has 0 bridgehead atoms. The zero-order valence-corrected chi connectivity index (χ0v) is 12.9. The fourth-order valence-corrected chi connectivity index (χ4v) is 2.01. The van der Waals surface area contributed by atoms with Gasteiger partial charge in [0, 0.05) is 5.56 Å². The predicted molar refractivity (Wildman–Crippen MR) is 87.3 cm³/mol. The van der Waals surface area contributed by atoms with E-state index < -0.39 is 5.91 Å². The second kappa shape index (κ2) is 7.84. The van der Waals surface area contributed by atoms with Crippen LogP contribution in [0.4, 0.5) is 0 Å². The minimum atomic E-state index is -0.501. The van der Waals surface area contributed by atoms with E-state index in [1.807, 2.05) is 6.92 Å². The number of phenols is 1. The minimum Gasteiger partial charge on any atom is -0.507 e. The number of phenolic OH excluding ortho intramolecular Hbond substituents is 1. The topological polar surface area (TPSA) is 80.2 Å². The van der Waals surface area contributed by atoms with E-state index in [0.717, 1.165) is 0 Å². The van der Waals surface area contributed by atoms with Gasteiger partial charge < -0.3 is 14.6 Å². The zero-order chi connectivity index (χ0) is 16.7. The number of carbonyl (C=O) groups excluding carboxylic acids is 1. The molecule has 0 aliphatic carbocycles. The largest absolute Gasteiger partial charge is 0.507 e. The minimum absolute atomic E-state index is 0.101. The molecule has 0 aliphatic heterocycles. The molecule has 2 N–H and O–H groups in total. The molecule has 0 spiro atoms. The second-order valence-corrected chi connectivity index (χ2v) is 4.53. The van der Waals surface area contributed by atoms with Gasteiger partial charge in [0.2, 0.25) is 0 Å². The van der Waals surface area contributed by atoms with E-state index in [4.69, 9.17) is 9.47 Å². The van der Waals surface area contributed by atoms with Gasteiger partial charge in [0.1, 0.15) is 5.75 Å². The monoisotopic (exact) mass is 314 g/mol. The van der Waals surface area contributed by atoms with Crippen molar-refractivity contribution in [3.8, 4) is 17.2 Å². The molecule has 0 fully saturated rings. The van der Waals surface area contributed by atoms with Gasteiger partial charge in [0.15, 0.2) is 11.5 Å². The fraction of sp³-hybridized carbons (Fsp3) is 0.176. The van der Waals surface area contributed by atoms with Gasteiger partial charge in [0.25, 0.3) is 5.91 Å². The third kappa shape index (κ3) is 4.00. The summed E-state index contributed by atoms with van der Waals surface area (Å²) in [4.78, 5) is 11.9. The average Bonchev–Trinajstić information content (AvgIpc) is 2.55. The number of benzene rings is 2. The molecule has 0 heterocycles. The molecule has 6 heteroatoms. The van der Waals surface area contributed by atoms with E-state index in [1.165, 1.54) is 25.5 Å². The summed E-state index contributed by atoms with van der Waals surface area (Å²) in [6.07, 6.45) is 1.46. The van der Waals surface area contributed by atoms with Crippen molar-refractivity contribution in [3.05, 3.63) is 53.6 Å². The number of ether oxygens (including phenoxy) is 2. The summed E-state index contributed by atoms with van der Waals surface area (Å²) in [6, 6.07) is 11.6. The first-order valence-corrected chi connectivity index (χ1v) is 7.08. The molecule has 0 aliphatic rings. The smallest absolute Gasteiger partial charge is 0.275 e. The Balaban J connectivity index is 2.13. The first-order valence-electron chi connectivity index (χ1n) is 7.08. The number of nitrogens with zero attached hydrogens (tertiary/aromatic N) is 1. The summed E-state index contributed by atoms with van der Waals surface area (Å²) in [7, 11) is 1.54. The van der Waals surface area contributed by atoms with E-state index in [9.17, 15) is 9.90 Å². The highest BCUT2D eigenvalue weighted by Gasteiger charge is 2.10. The molecule has 6 nitrogen and oxygen atoms in total. The predicted octanol–water partition coefficient (Wildman–Crippen LogP) is 2.56. The normalized spacial score (nSPS) is 10.5. The van der Waals surface area contributed by atoms with Gasteiger partial charge in [0.05, 0.1) is 25.5 Å². The van der Waals surface area contributed by atoms with Crippen LogP contribution >= 0.6 is 0 Å². The van der Waals surface area contributed by atoms with E-state index in [0.29, 0.717) is 23.7 Å². The molecule has 2 aromatic rings. The van der Waals surface area contributed by atoms with E-state index in [-0.39, 0.29) is 11.3 Å². The Bertz CT molecular complexity index is 713. The fourth-order valence-electron chi connectivity index (χ4n) is 2.01. The third-order valence-electron chi connectivity index (χ3n) is 3.03. The third-order valence-corrected chi connectivity index (χ3v) is 3.03. The van der Waals surface area contributed by atoms with Crippen LogP contribution in [0.25, 0.3) is 0 Å². The molecule has 0 aromatic heterocycles. The maximum absolute atomic E-state index is 11.9. The first-order chi connectivity index (χ1) is 11.2. The SMILES string of the molecule is CCOc1cccc(/C=N\NC(=O)c2ccccc2O)c1OC. The summed E-state index contributed by atoms with van der Waals surface area (Å²) in [5.74, 6) is 0.538. The lowest BCUT2D eigenvalue weighted by atomic mass is 10.2. The standard InChI is InChI=1S/C17H18N2O4/c1-3-23-15-10-6-7-12(16(15)22-2)11-18-19-17(21)13-8-4-5-9-14(13)20/h4-11,20H,3H2,1-2H3,(H,19,21)/b18-11-. The number of hydrogen-bond donors (Lipinski definition) is 2. The summed E-state index contributed by atoms with van der Waals surface area (Å²) in [5, 5.41) is 13.5. The Morgan fingerprint density at radius 2 is 2.04 bits per heavy atom. The summed E-state index contributed by atoms with van der Waals surface area (Å²) in [6.45, 7) is 2.40. The van der Waals surface area contributed by atoms with Gasteiger partial charge in [-0.15, -0.1) is 0 Å². The number of nitrogens with one attached hydrogen (secondary N) is 1. The van der Waals surface area contributed by atoms with Crippen LogP contribution < -0.4 is 14.9 Å². The number of para-hydroxylation sites is 2. The molecular formula is C17H18N2O4. The number of aromatic hydroxyl groups is 1. The van der Waals surface area contributed by atoms with Crippen LogP contribution in [0.1, 0.15) is 22.8 Å². The van der Waals surface area contributed by atoms with Crippen LogP contribution in [0.3, 0.4) is 0 Å². The Kier molecular flexibility index (Phi) is 5.57. The maximum Gasteiger partial charge on any atom is 0.275 e. The summed E-state index contributed by atoms with van der Waals surface area (Å²) >= 11 is 0. The second-order valence-electron chi connectivity index (χ2n) is 4.53. The lowest BCUT2D eigenvalue weighted by Gasteiger charge is -2.11. The summed E-state index contributed by atoms with van der Waals surface area (Å²) < 4.78 is 10.8. The van der Waals surface area contributed by atoms with Crippen LogP contribution in [0.15, 0.2) is 47.6 Å². The molecular weight excluding hydrogens is 296 g/mol. The Morgan fingerprint density at radius 1 is 1.26 bits per heavy atom. The highest BCUT2D eigenvalue weighted by molar-refractivity contribution is 5.97. The summed E-state index contributed by atoms with van der Waals surface area (Å²) in [5.41, 5.74) is 3.18. The van der Waals surface area contributed by atoms with Crippen molar-refractivity contribution in [1.29, 1.82) is 0 Å². The number of methoxy groups -OCH3 is 1. The Morgan fingerprint density at radius 3 is 2.74 bits per heavy atom. The lowest BCUT2D eigenvalue weighted by Crippen LogP contribution is -2.17. The highest BCUT2D eigenvalue weighted by Crippen LogP contribution is 2.29. The van der Waals surface area contributed by atoms with Crippen LogP contribution in [-0.2, 0) is 0 Å². The number of hydrazone groups is 1. The molecule has 0 radical (unpaired) electrons. The first kappa shape index (κ1) is 16.4. The van der Waals surface area contributed by atoms with Crippen molar-refractivity contribution in [3.63, 3.8) is 0 Å². The maximum atomic E-state index is 11.9. The Labute approximate surface area is 134 Å². The van der Waals surface area contributed by atoms with E-state index in [1.54, 1.807) is 30.3 Å². The molecule has 120 valence electrons.